The minimum atomic E-state index is -0.521. The Morgan fingerprint density at radius 2 is 2.27 bits per heavy atom. The SMILES string of the molecule is CC(=O)c1cc2cc([N+](=O)[O-])cnc2[nH]1. The fraction of sp³-hybridized carbons (Fsp3) is 0.111. The van der Waals surface area contributed by atoms with Crippen LogP contribution in [-0.4, -0.2) is 20.7 Å². The molecule has 15 heavy (non-hydrogen) atoms. The molecule has 2 aromatic heterocycles. The van der Waals surface area contributed by atoms with E-state index in [9.17, 15) is 14.9 Å². The number of hydrogen-bond acceptors (Lipinski definition) is 4. The van der Waals surface area contributed by atoms with Gasteiger partial charge in [-0.2, -0.15) is 0 Å². The van der Waals surface area contributed by atoms with Gasteiger partial charge in [-0.3, -0.25) is 14.9 Å². The average molecular weight is 205 g/mol. The van der Waals surface area contributed by atoms with E-state index in [4.69, 9.17) is 0 Å². The lowest BCUT2D eigenvalue weighted by Gasteiger charge is -1.89. The van der Waals surface area contributed by atoms with Gasteiger partial charge in [0.25, 0.3) is 5.69 Å². The van der Waals surface area contributed by atoms with Gasteiger partial charge in [-0.25, -0.2) is 4.98 Å². The second-order valence-electron chi connectivity index (χ2n) is 3.13. The maximum absolute atomic E-state index is 11.0. The number of carbonyl (C=O) groups excluding carboxylic acids is 1. The lowest BCUT2D eigenvalue weighted by molar-refractivity contribution is -0.385. The highest BCUT2D eigenvalue weighted by Crippen LogP contribution is 2.19. The van der Waals surface area contributed by atoms with E-state index in [0.717, 1.165) is 6.20 Å². The van der Waals surface area contributed by atoms with E-state index in [2.05, 4.69) is 9.97 Å². The van der Waals surface area contributed by atoms with Crippen LogP contribution in [0.4, 0.5) is 5.69 Å². The van der Waals surface area contributed by atoms with Crippen LogP contribution in [0.1, 0.15) is 17.4 Å². The first-order chi connectivity index (χ1) is 7.08. The normalized spacial score (nSPS) is 10.5. The molecule has 0 aliphatic rings. The Morgan fingerprint density at radius 1 is 1.53 bits per heavy atom. The number of H-pyrrole nitrogens is 1. The third kappa shape index (κ3) is 1.56. The molecule has 0 fully saturated rings. The Balaban J connectivity index is 2.62. The van der Waals surface area contributed by atoms with E-state index >= 15 is 0 Å². The van der Waals surface area contributed by atoms with E-state index < -0.39 is 4.92 Å². The van der Waals surface area contributed by atoms with Crippen molar-refractivity contribution in [1.82, 2.24) is 9.97 Å². The predicted octanol–water partition coefficient (Wildman–Crippen LogP) is 1.67. The zero-order valence-corrected chi connectivity index (χ0v) is 7.85. The minimum absolute atomic E-state index is 0.0865. The molecule has 0 atom stereocenters. The molecule has 0 unspecified atom stereocenters. The summed E-state index contributed by atoms with van der Waals surface area (Å²) >= 11 is 0. The third-order valence-corrected chi connectivity index (χ3v) is 2.05. The summed E-state index contributed by atoms with van der Waals surface area (Å²) in [5, 5.41) is 11.0. The summed E-state index contributed by atoms with van der Waals surface area (Å²) in [7, 11) is 0. The second kappa shape index (κ2) is 3.16. The number of carbonyl (C=O) groups is 1. The van der Waals surface area contributed by atoms with E-state index in [1.54, 1.807) is 6.07 Å². The van der Waals surface area contributed by atoms with Gasteiger partial charge in [-0.1, -0.05) is 0 Å². The van der Waals surface area contributed by atoms with E-state index in [1.807, 2.05) is 0 Å². The lowest BCUT2D eigenvalue weighted by Crippen LogP contribution is -1.90. The summed E-state index contributed by atoms with van der Waals surface area (Å²) in [6, 6.07) is 2.93. The van der Waals surface area contributed by atoms with Gasteiger partial charge in [0.05, 0.1) is 10.6 Å². The molecule has 0 bridgehead atoms. The largest absolute Gasteiger partial charge is 0.337 e. The second-order valence-corrected chi connectivity index (χ2v) is 3.13. The molecule has 1 N–H and O–H groups in total. The first-order valence-corrected chi connectivity index (χ1v) is 4.22. The highest BCUT2D eigenvalue weighted by molar-refractivity contribution is 5.97. The molecule has 0 amide bonds. The zero-order valence-electron chi connectivity index (χ0n) is 7.85. The van der Waals surface area contributed by atoms with Crippen LogP contribution < -0.4 is 0 Å². The fourth-order valence-electron chi connectivity index (χ4n) is 1.29. The molecule has 0 radical (unpaired) electrons. The van der Waals surface area contributed by atoms with Gasteiger partial charge in [0.15, 0.2) is 5.78 Å². The van der Waals surface area contributed by atoms with Crippen molar-refractivity contribution in [3.63, 3.8) is 0 Å². The maximum atomic E-state index is 11.0. The highest BCUT2D eigenvalue weighted by atomic mass is 16.6. The Morgan fingerprint density at radius 3 is 2.87 bits per heavy atom. The van der Waals surface area contributed by atoms with Crippen LogP contribution in [0.3, 0.4) is 0 Å². The third-order valence-electron chi connectivity index (χ3n) is 2.05. The van der Waals surface area contributed by atoms with Gasteiger partial charge in [-0.15, -0.1) is 0 Å². The van der Waals surface area contributed by atoms with Crippen molar-refractivity contribution in [1.29, 1.82) is 0 Å². The fourth-order valence-corrected chi connectivity index (χ4v) is 1.29. The Bertz CT molecular complexity index is 547. The summed E-state index contributed by atoms with van der Waals surface area (Å²) in [5.41, 5.74) is 0.792. The summed E-state index contributed by atoms with van der Waals surface area (Å²) in [6.07, 6.45) is 1.16. The summed E-state index contributed by atoms with van der Waals surface area (Å²) in [5.74, 6) is -0.129. The number of Topliss-reactive ketones (excluding diaryl/α,β-unsaturated/α-hetero) is 1. The number of fused-ring (bicyclic) bond motifs is 1. The van der Waals surface area contributed by atoms with Crippen molar-refractivity contribution in [3.05, 3.63) is 34.1 Å². The van der Waals surface area contributed by atoms with E-state index in [0.29, 0.717) is 16.7 Å². The van der Waals surface area contributed by atoms with Crippen LogP contribution in [0, 0.1) is 10.1 Å². The average Bonchev–Trinajstić information content (AvgIpc) is 2.59. The number of pyridine rings is 1. The van der Waals surface area contributed by atoms with Crippen LogP contribution >= 0.6 is 0 Å². The van der Waals surface area contributed by atoms with Crippen LogP contribution in [-0.2, 0) is 0 Å². The topological polar surface area (TPSA) is 88.9 Å². The maximum Gasteiger partial charge on any atom is 0.288 e. The number of rotatable bonds is 2. The van der Waals surface area contributed by atoms with Crippen LogP contribution in [0.15, 0.2) is 18.3 Å². The Hall–Kier alpha value is -2.24. The van der Waals surface area contributed by atoms with Gasteiger partial charge in [-0.05, 0) is 6.07 Å². The molecule has 2 rings (SSSR count). The highest BCUT2D eigenvalue weighted by Gasteiger charge is 2.10. The van der Waals surface area contributed by atoms with E-state index in [1.165, 1.54) is 13.0 Å². The number of hydrogen-bond donors (Lipinski definition) is 1. The van der Waals surface area contributed by atoms with Gasteiger partial charge in [0.1, 0.15) is 11.8 Å². The molecule has 0 aliphatic heterocycles. The van der Waals surface area contributed by atoms with Crippen molar-refractivity contribution in [2.45, 2.75) is 6.92 Å². The van der Waals surface area contributed by atoms with Gasteiger partial charge < -0.3 is 4.98 Å². The summed E-state index contributed by atoms with van der Waals surface area (Å²) in [6.45, 7) is 1.42. The molecule has 76 valence electrons. The van der Waals surface area contributed by atoms with Crippen molar-refractivity contribution < 1.29 is 9.72 Å². The number of nitrogens with zero attached hydrogens (tertiary/aromatic N) is 2. The molecule has 0 saturated heterocycles. The Labute approximate surface area is 84.1 Å². The quantitative estimate of drug-likeness (QED) is 0.458. The monoisotopic (exact) mass is 205 g/mol. The standard InChI is InChI=1S/C9H7N3O3/c1-5(13)8-3-6-2-7(12(14)15)4-10-9(6)11-8/h2-4H,1H3,(H,10,11). The van der Waals surface area contributed by atoms with Crippen LogP contribution in [0.2, 0.25) is 0 Å². The van der Waals surface area contributed by atoms with Crippen molar-refractivity contribution in [2.75, 3.05) is 0 Å². The van der Waals surface area contributed by atoms with Gasteiger partial charge in [0, 0.05) is 18.4 Å². The number of nitrogens with one attached hydrogen (secondary N) is 1. The number of aromatic amines is 1. The summed E-state index contributed by atoms with van der Waals surface area (Å²) in [4.78, 5) is 27.6. The van der Waals surface area contributed by atoms with Crippen LogP contribution in [0.5, 0.6) is 0 Å². The molecule has 0 spiro atoms. The molecule has 2 heterocycles. The van der Waals surface area contributed by atoms with Crippen molar-refractivity contribution in [3.8, 4) is 0 Å². The molecule has 2 aromatic rings. The minimum Gasteiger partial charge on any atom is -0.337 e. The van der Waals surface area contributed by atoms with Crippen molar-refractivity contribution >= 4 is 22.5 Å². The zero-order chi connectivity index (χ0) is 11.0. The van der Waals surface area contributed by atoms with Gasteiger partial charge in [0.2, 0.25) is 0 Å². The molecule has 6 heteroatoms. The molecular weight excluding hydrogens is 198 g/mol. The van der Waals surface area contributed by atoms with E-state index in [-0.39, 0.29) is 11.5 Å². The molecule has 0 aromatic carbocycles. The predicted molar refractivity (Wildman–Crippen MR) is 52.8 cm³/mol. The molecule has 0 saturated carbocycles. The lowest BCUT2D eigenvalue weighted by atomic mass is 10.2. The first kappa shape index (κ1) is 9.32. The molecular formula is C9H7N3O3. The number of ketones is 1. The van der Waals surface area contributed by atoms with Gasteiger partial charge >= 0.3 is 0 Å². The van der Waals surface area contributed by atoms with Crippen LogP contribution in [0.25, 0.3) is 11.0 Å². The Kier molecular flexibility index (Phi) is 1.96. The molecule has 6 nitrogen and oxygen atoms in total. The molecule has 0 aliphatic carbocycles. The summed E-state index contributed by atoms with van der Waals surface area (Å²) < 4.78 is 0. The number of aromatic nitrogens is 2. The first-order valence-electron chi connectivity index (χ1n) is 4.22. The number of nitro groups is 1. The smallest absolute Gasteiger partial charge is 0.288 e. The van der Waals surface area contributed by atoms with Crippen molar-refractivity contribution in [2.24, 2.45) is 0 Å².